The molecule has 3 aromatic heterocycles. The van der Waals surface area contributed by atoms with Crippen molar-refractivity contribution in [2.75, 3.05) is 120 Å². The minimum Gasteiger partial charge on any atom is -1.00 e. The fourth-order valence-corrected chi connectivity index (χ4v) is 8.23. The third kappa shape index (κ3) is 16.8. The molecule has 6 N–H and O–H groups in total. The highest BCUT2D eigenvalue weighted by atomic mass is 35.5. The number of phenolic OH excluding ortho intramolecular Hbond substituents is 1. The lowest BCUT2D eigenvalue weighted by molar-refractivity contribution is -0.200. The Hall–Kier alpha value is -6.44. The number of nitrogens with one attached hydrogen (secondary N) is 1. The number of piperazine rings is 2. The van der Waals surface area contributed by atoms with E-state index in [1.165, 1.54) is 10.9 Å². The third-order valence-electron chi connectivity index (χ3n) is 13.2. The van der Waals surface area contributed by atoms with Gasteiger partial charge >= 0.3 is 12.1 Å². The van der Waals surface area contributed by atoms with Crippen LogP contribution in [0.2, 0.25) is 0 Å². The first kappa shape index (κ1) is 60.4. The SMILES string of the molecule is C#CCOCCOCCOCCNc1nc(N2CCN(C(=O)C([C@@H](C)CC)n3cc(C(N)COC(=O)C(F)(F)F)nn3)CC2)nc(N2CCN(C(=O)[C@H](Cc3ccc(O)cc3)n3cc(C(N)[C@H](C)CC)nn3)CC2)n1.[Cl-]. The average Bonchev–Trinajstić information content (AvgIpc) is 4.13. The smallest absolute Gasteiger partial charge is 0.490 e. The Bertz CT molecular complexity index is 2480. The van der Waals surface area contributed by atoms with E-state index in [-0.39, 0.29) is 60.1 Å². The number of nitrogens with two attached hydrogens (primary N) is 2. The second-order valence-electron chi connectivity index (χ2n) is 18.4. The molecule has 3 unspecified atom stereocenters. The number of nitrogens with zero attached hydrogens (tertiary/aromatic N) is 13. The number of aromatic nitrogens is 9. The molecule has 2 fully saturated rings. The number of alkyl halides is 3. The van der Waals surface area contributed by atoms with Crippen molar-refractivity contribution in [2.24, 2.45) is 23.3 Å². The summed E-state index contributed by atoms with van der Waals surface area (Å²) < 4.78 is 61.9. The molecule has 0 aliphatic carbocycles. The van der Waals surface area contributed by atoms with Crippen LogP contribution >= 0.6 is 0 Å². The molecule has 0 saturated carbocycles. The first-order chi connectivity index (χ1) is 36.0. The lowest BCUT2D eigenvalue weighted by Crippen LogP contribution is -3.00. The predicted molar refractivity (Wildman–Crippen MR) is 267 cm³/mol. The van der Waals surface area contributed by atoms with Gasteiger partial charge in [-0.15, -0.1) is 16.6 Å². The Morgan fingerprint density at radius 1 is 0.763 bits per heavy atom. The van der Waals surface area contributed by atoms with Crippen LogP contribution in [0.5, 0.6) is 5.75 Å². The first-order valence-corrected chi connectivity index (χ1v) is 25.1. The Kier molecular flexibility index (Phi) is 23.2. The van der Waals surface area contributed by atoms with Crippen LogP contribution in [0, 0.1) is 24.2 Å². The topological polar surface area (TPSA) is 285 Å². The molecule has 6 rings (SSSR count). The van der Waals surface area contributed by atoms with Crippen molar-refractivity contribution in [2.45, 2.75) is 77.3 Å². The molecule has 0 radical (unpaired) electrons. The van der Waals surface area contributed by atoms with E-state index in [4.69, 9.17) is 47.1 Å². The maximum Gasteiger partial charge on any atom is 0.490 e. The molecule has 4 aromatic rings. The zero-order valence-corrected chi connectivity index (χ0v) is 44.0. The number of phenols is 1. The molecular formula is C48H69ClF3N16O8-. The molecule has 2 aliphatic heterocycles. The molecule has 28 heteroatoms. The molecule has 76 heavy (non-hydrogen) atoms. The van der Waals surface area contributed by atoms with E-state index in [0.717, 1.165) is 12.0 Å². The van der Waals surface area contributed by atoms with E-state index >= 15 is 0 Å². The molecule has 2 amide bonds. The largest absolute Gasteiger partial charge is 1.00 e. The summed E-state index contributed by atoms with van der Waals surface area (Å²) in [6.45, 7) is 12.3. The second kappa shape index (κ2) is 29.2. The van der Waals surface area contributed by atoms with E-state index < -0.39 is 36.9 Å². The van der Waals surface area contributed by atoms with Crippen LogP contribution in [0.15, 0.2) is 36.7 Å². The fraction of sp³-hybridized carbons (Fsp3) is 0.625. The van der Waals surface area contributed by atoms with Crippen LogP contribution in [-0.2, 0) is 39.8 Å². The van der Waals surface area contributed by atoms with E-state index in [0.29, 0.717) is 128 Å². The number of rotatable bonds is 27. The summed E-state index contributed by atoms with van der Waals surface area (Å²) in [5.41, 5.74) is 14.0. The lowest BCUT2D eigenvalue weighted by atomic mass is 9.97. The highest BCUT2D eigenvalue weighted by molar-refractivity contribution is 5.81. The predicted octanol–water partition coefficient (Wildman–Crippen LogP) is -0.921. The molecule has 2 aliphatic rings. The van der Waals surface area contributed by atoms with Gasteiger partial charge in [0.2, 0.25) is 29.7 Å². The average molecular weight is 1090 g/mol. The second-order valence-corrected chi connectivity index (χ2v) is 18.4. The van der Waals surface area contributed by atoms with Crippen LogP contribution in [-0.4, -0.2) is 189 Å². The van der Waals surface area contributed by atoms with Gasteiger partial charge in [-0.05, 0) is 29.5 Å². The van der Waals surface area contributed by atoms with Crippen LogP contribution in [0.25, 0.3) is 0 Å². The van der Waals surface area contributed by atoms with Gasteiger partial charge in [-0.1, -0.05) is 69.0 Å². The molecule has 6 atom stereocenters. The third-order valence-corrected chi connectivity index (χ3v) is 13.2. The molecule has 2 saturated heterocycles. The van der Waals surface area contributed by atoms with Gasteiger partial charge in [0.25, 0.3) is 0 Å². The van der Waals surface area contributed by atoms with Crippen LogP contribution < -0.4 is 39.0 Å². The summed E-state index contributed by atoms with van der Waals surface area (Å²) in [6.07, 6.45) is 4.90. The number of carbonyl (C=O) groups excluding carboxylic acids is 3. The monoisotopic (exact) mass is 1090 g/mol. The summed E-state index contributed by atoms with van der Waals surface area (Å²) >= 11 is 0. The number of carbonyl (C=O) groups is 3. The van der Waals surface area contributed by atoms with Crippen molar-refractivity contribution < 1.29 is 64.0 Å². The molecular weight excluding hydrogens is 1020 g/mol. The van der Waals surface area contributed by atoms with Gasteiger partial charge < -0.3 is 72.8 Å². The number of terminal acetylenes is 1. The van der Waals surface area contributed by atoms with E-state index in [9.17, 15) is 32.7 Å². The van der Waals surface area contributed by atoms with Gasteiger partial charge in [0.05, 0.1) is 63.2 Å². The van der Waals surface area contributed by atoms with Gasteiger partial charge in [0.15, 0.2) is 0 Å². The quantitative estimate of drug-likeness (QED) is 0.0319. The van der Waals surface area contributed by atoms with E-state index in [1.54, 1.807) is 44.9 Å². The molecule has 1 aromatic carbocycles. The minimum absolute atomic E-state index is 0. The number of aromatic hydroxyl groups is 1. The van der Waals surface area contributed by atoms with Crippen molar-refractivity contribution in [3.8, 4) is 18.1 Å². The zero-order chi connectivity index (χ0) is 54.1. The Morgan fingerprint density at radius 2 is 1.30 bits per heavy atom. The van der Waals surface area contributed by atoms with Crippen molar-refractivity contribution in [1.82, 2.24) is 54.7 Å². The summed E-state index contributed by atoms with van der Waals surface area (Å²) in [5.74, 6) is 0.740. The number of amides is 2. The highest BCUT2D eigenvalue weighted by Crippen LogP contribution is 2.28. The number of anilines is 3. The number of hydrogen-bond acceptors (Lipinski definition) is 20. The van der Waals surface area contributed by atoms with E-state index in [1.807, 2.05) is 30.6 Å². The van der Waals surface area contributed by atoms with Gasteiger partial charge in [0.1, 0.15) is 36.7 Å². The van der Waals surface area contributed by atoms with Crippen molar-refractivity contribution >= 4 is 35.6 Å². The maximum atomic E-state index is 14.5. The molecule has 0 spiro atoms. The lowest BCUT2D eigenvalue weighted by Gasteiger charge is -2.38. The highest BCUT2D eigenvalue weighted by Gasteiger charge is 2.41. The first-order valence-electron chi connectivity index (χ1n) is 25.1. The van der Waals surface area contributed by atoms with Gasteiger partial charge in [-0.2, -0.15) is 28.1 Å². The number of esters is 1. The summed E-state index contributed by atoms with van der Waals surface area (Å²) in [5, 5.41) is 30.1. The molecule has 5 heterocycles. The normalized spacial score (nSPS) is 16.5. The molecule has 418 valence electrons. The maximum absolute atomic E-state index is 14.5. The van der Waals surface area contributed by atoms with Crippen molar-refractivity contribution in [3.05, 3.63) is 53.6 Å². The number of halogens is 4. The number of ether oxygens (including phenoxy) is 4. The Labute approximate surface area is 445 Å². The van der Waals surface area contributed by atoms with Gasteiger partial charge in [-0.3, -0.25) is 9.59 Å². The van der Waals surface area contributed by atoms with Crippen molar-refractivity contribution in [1.29, 1.82) is 0 Å². The van der Waals surface area contributed by atoms with Crippen LogP contribution in [0.3, 0.4) is 0 Å². The van der Waals surface area contributed by atoms with Crippen LogP contribution in [0.1, 0.15) is 81.7 Å². The van der Waals surface area contributed by atoms with Crippen molar-refractivity contribution in [3.63, 3.8) is 0 Å². The molecule has 24 nitrogen and oxygen atoms in total. The number of benzene rings is 1. The van der Waals surface area contributed by atoms with Gasteiger partial charge in [0, 0.05) is 65.3 Å². The van der Waals surface area contributed by atoms with E-state index in [2.05, 4.69) is 43.5 Å². The zero-order valence-electron chi connectivity index (χ0n) is 43.2. The Morgan fingerprint density at radius 3 is 1.88 bits per heavy atom. The van der Waals surface area contributed by atoms with Crippen LogP contribution in [0.4, 0.5) is 31.0 Å². The molecule has 0 bridgehead atoms. The summed E-state index contributed by atoms with van der Waals surface area (Å²) in [4.78, 5) is 62.0. The Balaban J connectivity index is 0.0000107. The fourth-order valence-electron chi connectivity index (χ4n) is 8.23. The standard InChI is InChI=1S/C48H69F3N16O8.ClH/c1-6-22-72-24-26-74-27-25-73-23-13-54-45-55-46(64-18-14-62(15-19-64)42(69)39(28-34-9-11-35(68)12-10-34)66-30-38(59-60-66)40(53)32(4)7-2)57-47(56-45)65-20-16-63(17-21-65)43(70)41(33(5)8-3)67-29-37(58-61-67)36(52)31-75-44(71)48(49,50)51;/h1,9-12,29-30,32-33,36,39-41,68H,7-8,13-28,31,52-53H2,2-5H3,(H,54,55,56,57);1H/p-1/t32-,33+,36?,39+,40?,41?;/m1./s1. The number of hydrogen-bond donors (Lipinski definition) is 4. The summed E-state index contributed by atoms with van der Waals surface area (Å²) in [6, 6.07) is 3.59. The minimum atomic E-state index is -5.18. The van der Waals surface area contributed by atoms with Gasteiger partial charge in [-0.25, -0.2) is 14.2 Å². The summed E-state index contributed by atoms with van der Waals surface area (Å²) in [7, 11) is 0.